The number of carbonyl (C=O) groups is 2. The molecular formula is C106H145Cl3FN19O15S2. The number of nitrogens with two attached hydrogens (primary N) is 1. The molecule has 4 aliphatic heterocycles. The van der Waals surface area contributed by atoms with Gasteiger partial charge in [-0.05, 0) is 240 Å². The van der Waals surface area contributed by atoms with Crippen molar-refractivity contribution in [2.24, 2.45) is 37.8 Å². The Morgan fingerprint density at radius 3 is 1.47 bits per heavy atom. The number of anilines is 5. The summed E-state index contributed by atoms with van der Waals surface area (Å²) < 4.78 is 74.9. The molecule has 34 nitrogen and oxygen atoms in total. The summed E-state index contributed by atoms with van der Waals surface area (Å²) in [5, 5.41) is 47.3. The number of aromatic amines is 2. The Labute approximate surface area is 877 Å². The van der Waals surface area contributed by atoms with Gasteiger partial charge in [0.05, 0.1) is 61.2 Å². The molecule has 0 saturated carbocycles. The first-order valence-electron chi connectivity index (χ1n) is 48.2. The number of ether oxygens (including phenoxy) is 4. The van der Waals surface area contributed by atoms with E-state index in [9.17, 15) is 51.8 Å². The van der Waals surface area contributed by atoms with Gasteiger partial charge in [0, 0.05) is 232 Å². The van der Waals surface area contributed by atoms with Gasteiger partial charge in [-0.2, -0.15) is 0 Å². The second-order valence-corrected chi connectivity index (χ2v) is 42.5. The van der Waals surface area contributed by atoms with Crippen LogP contribution in [-0.2, 0) is 29.5 Å². The van der Waals surface area contributed by atoms with Crippen LogP contribution in [0, 0.1) is 42.9 Å². The molecule has 5 aromatic heterocycles. The van der Waals surface area contributed by atoms with Crippen molar-refractivity contribution in [3.05, 3.63) is 259 Å². The van der Waals surface area contributed by atoms with Gasteiger partial charge in [-0.1, -0.05) is 93.7 Å². The Bertz CT molecular complexity index is 6620. The number of amides is 1. The molecule has 6 aromatic carbocycles. The lowest BCUT2D eigenvalue weighted by Gasteiger charge is -2.39. The molecule has 794 valence electrons. The number of carboxylic acids is 1. The minimum Gasteiger partial charge on any atom is -0.478 e. The Hall–Kier alpha value is -12.5. The number of aromatic nitrogens is 5. The molecule has 0 radical (unpaired) electrons. The number of pyridine rings is 3. The van der Waals surface area contributed by atoms with E-state index in [1.165, 1.54) is 75.9 Å². The number of carboxylic acid groups (broad SMARTS) is 1. The second-order valence-electron chi connectivity index (χ2n) is 38.4. The van der Waals surface area contributed by atoms with Crippen LogP contribution in [0.3, 0.4) is 0 Å². The number of aliphatic imine (C=N–C) groups is 2. The van der Waals surface area contributed by atoms with E-state index in [2.05, 4.69) is 147 Å². The summed E-state index contributed by atoms with van der Waals surface area (Å²) in [5.41, 5.74) is 13.4. The summed E-state index contributed by atoms with van der Waals surface area (Å²) in [4.78, 5) is 87.5. The maximum Gasteiger partial charge on any atom is 0.339 e. The fourth-order valence-corrected chi connectivity index (χ4v) is 19.6. The maximum absolute atomic E-state index is 13.9. The van der Waals surface area contributed by atoms with E-state index in [1.54, 1.807) is 55.2 Å². The average molecular weight is 2110 g/mol. The largest absolute Gasteiger partial charge is 0.478 e. The Morgan fingerprint density at radius 2 is 1.05 bits per heavy atom. The molecule has 4 saturated heterocycles. The molecular weight excluding hydrogens is 1970 g/mol. The standard InChI is InChI=1S/C45H50ClN7O7S.C33H35ClN4O3.C12H17N3O5S.C8H17N3.C7H10N2.CH4.ClH.FH.5H2/c1-45(2)15-11-33(38(26-45)31-3-5-34(46)6-4-31)29-51-17-19-52(20-18-51)35-7-9-37(42(24-35)60-43-23-32-12-16-47-40(32)28-49-43)44(54)50-61(57,58)36-8-10-39(41(25-36)53(55)56)48-27-30-13-21-59-22-14-30;1-33(2)11-9-24(28(19-33)22-3-5-25(34)6-4-22)21-37-13-15-38(16-14-37)26-7-8-27(32(39)40)30(18-26)41-31-17-23-10-12-35-29(23)20-36-31;13-21(18,19)10-1-2-11(12(7-10)15(16)17)14-8-9-3-5-20-6-4-9;1-4-9-8-10-6-5-7-11(2)3;1-9(2)7-3-5-8-6-4-7;;;;;;;;/h3-10,12,16,23-25,28,30,47-48H,11,13-15,17-22,26-27,29H2,1-2H3,(H,50,54);3-8,10,12,17-18,20,35H,9,11,13-16,19,21H2,1-2H3,(H,39,40);1-2,7,9,14H,3-6,8H2,(H2,13,18,19);4-7H2,1-3H3;3-6H,1-2H3;1H4;7*1H. The molecule has 8 N–H and O–H groups in total. The van der Waals surface area contributed by atoms with E-state index in [1.807, 2.05) is 98.8 Å². The van der Waals surface area contributed by atoms with Crippen LogP contribution in [0.1, 0.15) is 152 Å². The number of benzene rings is 6. The van der Waals surface area contributed by atoms with Crippen LogP contribution in [0.2, 0.25) is 10.0 Å². The maximum atomic E-state index is 13.9. The molecule has 146 heavy (non-hydrogen) atoms. The van der Waals surface area contributed by atoms with E-state index in [0.29, 0.717) is 68.2 Å². The van der Waals surface area contributed by atoms with Gasteiger partial charge in [-0.3, -0.25) is 44.5 Å². The van der Waals surface area contributed by atoms with Gasteiger partial charge in [-0.15, -0.1) is 12.4 Å². The Balaban J connectivity index is 0.000000382. The number of H-pyrrole nitrogens is 2. The van der Waals surface area contributed by atoms with Crippen molar-refractivity contribution in [3.63, 3.8) is 0 Å². The third-order valence-electron chi connectivity index (χ3n) is 26.1. The van der Waals surface area contributed by atoms with Gasteiger partial charge in [0.2, 0.25) is 21.8 Å². The van der Waals surface area contributed by atoms with Crippen molar-refractivity contribution in [3.8, 4) is 23.3 Å². The van der Waals surface area contributed by atoms with E-state index < -0.39 is 52.4 Å². The van der Waals surface area contributed by atoms with Gasteiger partial charge in [-0.25, -0.2) is 51.4 Å². The first-order chi connectivity index (χ1) is 68.5. The first kappa shape index (κ1) is 115. The Kier molecular flexibility index (Phi) is 42.9. The highest BCUT2D eigenvalue weighted by molar-refractivity contribution is 7.90. The summed E-state index contributed by atoms with van der Waals surface area (Å²) in [5.74, 6) is -0.350. The summed E-state index contributed by atoms with van der Waals surface area (Å²) in [6.07, 6.45) is 21.6. The van der Waals surface area contributed by atoms with Gasteiger partial charge < -0.3 is 64.3 Å². The topological polar surface area (TPSA) is 422 Å². The number of rotatable bonds is 31. The zero-order valence-electron chi connectivity index (χ0n) is 83.3. The van der Waals surface area contributed by atoms with Crippen LogP contribution in [0.15, 0.2) is 226 Å². The minimum absolute atomic E-state index is 0. The van der Waals surface area contributed by atoms with E-state index in [4.69, 9.17) is 47.3 Å². The van der Waals surface area contributed by atoms with Gasteiger partial charge in [0.25, 0.3) is 27.3 Å². The van der Waals surface area contributed by atoms with Crippen molar-refractivity contribution in [1.29, 1.82) is 0 Å². The molecule has 9 heterocycles. The number of hydrogen-bond acceptors (Lipinski definition) is 27. The monoisotopic (exact) mass is 2110 g/mol. The number of carbonyl (C=O) groups excluding carboxylic acids is 1. The lowest BCUT2D eigenvalue weighted by Crippen LogP contribution is -2.47. The molecule has 4 fully saturated rings. The van der Waals surface area contributed by atoms with E-state index >= 15 is 0 Å². The van der Waals surface area contributed by atoms with E-state index in [0.717, 1.165) is 205 Å². The van der Waals surface area contributed by atoms with Crippen LogP contribution in [-0.4, -0.2) is 242 Å². The first-order valence-corrected chi connectivity index (χ1v) is 52.0. The molecule has 0 spiro atoms. The van der Waals surface area contributed by atoms with Crippen LogP contribution < -0.4 is 44.7 Å². The van der Waals surface area contributed by atoms with Crippen molar-refractivity contribution in [1.82, 2.24) is 44.3 Å². The predicted octanol–water partition coefficient (Wildman–Crippen LogP) is 22.0. The highest BCUT2D eigenvalue weighted by Gasteiger charge is 2.35. The number of nitrogens with zero attached hydrogens (tertiary/aromatic N) is 13. The number of nitro groups is 2. The fraction of sp³-hybridized carbons (Fsp3) is 0.415. The molecule has 1 amide bonds. The molecule has 40 heteroatoms. The quantitative estimate of drug-likeness (QED) is 0.00918. The number of allylic oxidation sites excluding steroid dienone is 2. The van der Waals surface area contributed by atoms with Crippen LogP contribution >= 0.6 is 35.6 Å². The second kappa shape index (κ2) is 54.3. The van der Waals surface area contributed by atoms with Crippen LogP contribution in [0.4, 0.5) is 44.5 Å². The summed E-state index contributed by atoms with van der Waals surface area (Å²) >= 11 is 12.4. The molecule has 2 aliphatic carbocycles. The SMILES string of the molecule is C.CC1(C)CCC(CN2CCN(c3ccc(C(=O)NS(=O)(=O)c4ccc(NCC5CCOCC5)c([N+](=O)[O-])c4)c(Oc4cc5cc[nH]c5cn4)c3)CC2)=C(c2ccc(Cl)cc2)C1.CC1(C)CCC(CN2CCN(c3ccc(C(=O)O)c(Oc4cc5cc[nH]c5cn4)c3)CC2)=C(c2ccc(Cl)cc2)C1.CCN=C=NCCCN(C)C.CN(C)c1ccncc1.Cl.F.NS(=O)(=O)c1ccc(NCC2CCOCC2)c([N+](=O)[O-])c1.[HH].[HH].[HH].[HH].[HH]. The summed E-state index contributed by atoms with van der Waals surface area (Å²) in [6, 6.07) is 47.9. The third kappa shape index (κ3) is 33.5. The normalized spacial score (nSPS) is 16.0. The molecule has 17 rings (SSSR count). The highest BCUT2D eigenvalue weighted by atomic mass is 35.5. The zero-order chi connectivity index (χ0) is 102. The molecule has 0 bridgehead atoms. The van der Waals surface area contributed by atoms with E-state index in [-0.39, 0.29) is 82.0 Å². The summed E-state index contributed by atoms with van der Waals surface area (Å²) in [7, 11) is -0.378. The number of halogens is 4. The van der Waals surface area contributed by atoms with Crippen molar-refractivity contribution in [2.75, 3.05) is 178 Å². The molecule has 6 aliphatic rings. The highest BCUT2D eigenvalue weighted by Crippen LogP contribution is 2.46. The van der Waals surface area contributed by atoms with Gasteiger partial charge in [0.1, 0.15) is 28.4 Å². The van der Waals surface area contributed by atoms with Crippen molar-refractivity contribution < 1.29 is 72.2 Å². The average Bonchev–Trinajstić information content (AvgIpc) is 1.20. The number of fused-ring (bicyclic) bond motifs is 2. The number of hydrogen-bond donors (Lipinski definition) is 7. The van der Waals surface area contributed by atoms with Crippen LogP contribution in [0.5, 0.6) is 23.3 Å². The smallest absolute Gasteiger partial charge is 0.339 e. The molecule has 0 atom stereocenters. The Morgan fingerprint density at radius 1 is 0.610 bits per heavy atom. The number of piperazine rings is 2. The number of nitrogens with one attached hydrogen (secondary N) is 5. The van der Waals surface area contributed by atoms with Gasteiger partial charge in [0.15, 0.2) is 0 Å². The van der Waals surface area contributed by atoms with Gasteiger partial charge >= 0.3 is 5.97 Å². The minimum atomic E-state index is -4.56. The number of primary sulfonamides is 1. The zero-order valence-corrected chi connectivity index (χ0v) is 87.2. The number of sulfonamides is 2. The van der Waals surface area contributed by atoms with Crippen molar-refractivity contribution >= 4 is 146 Å². The summed E-state index contributed by atoms with van der Waals surface area (Å²) in [6.45, 7) is 26.3. The fourth-order valence-electron chi connectivity index (χ4n) is 17.8. The van der Waals surface area contributed by atoms with Crippen LogP contribution in [0.25, 0.3) is 33.0 Å². The predicted molar refractivity (Wildman–Crippen MR) is 592 cm³/mol. The van der Waals surface area contributed by atoms with Crippen molar-refractivity contribution in [2.45, 2.75) is 122 Å². The number of aromatic carboxylic acids is 1. The lowest BCUT2D eigenvalue weighted by molar-refractivity contribution is -0.384. The lowest BCUT2D eigenvalue weighted by atomic mass is 9.72. The molecule has 11 aromatic rings. The third-order valence-corrected chi connectivity index (χ3v) is 28.9. The number of nitro benzene ring substituents is 2. The molecule has 0 unspecified atom stereocenters.